The normalized spacial score (nSPS) is 19.2. The summed E-state index contributed by atoms with van der Waals surface area (Å²) in [6.07, 6.45) is 0.872. The van der Waals surface area contributed by atoms with Gasteiger partial charge in [-0.1, -0.05) is 29.6 Å². The Balaban J connectivity index is 1.21. The summed E-state index contributed by atoms with van der Waals surface area (Å²) in [6, 6.07) is 7.79. The number of halogens is 3. The molecule has 3 aliphatic heterocycles. The van der Waals surface area contributed by atoms with Crippen molar-refractivity contribution in [3.63, 3.8) is 0 Å². The van der Waals surface area contributed by atoms with Gasteiger partial charge in [0.15, 0.2) is 5.82 Å². The number of H-pyrrole nitrogens is 1. The van der Waals surface area contributed by atoms with Crippen LogP contribution < -0.4 is 15.5 Å². The third-order valence-electron chi connectivity index (χ3n) is 8.04. The minimum absolute atomic E-state index is 0.0823. The second-order valence-electron chi connectivity index (χ2n) is 11.0. The molecule has 1 fully saturated rings. The Kier molecular flexibility index (Phi) is 8.56. The van der Waals surface area contributed by atoms with Gasteiger partial charge < -0.3 is 24.7 Å². The number of fused-ring (bicyclic) bond motifs is 5. The smallest absolute Gasteiger partial charge is 0.419 e. The first kappa shape index (κ1) is 30.7. The Morgan fingerprint density at radius 1 is 1.11 bits per heavy atom. The molecule has 0 saturated carbocycles. The first-order chi connectivity index (χ1) is 21.6. The number of aromatic amines is 1. The van der Waals surface area contributed by atoms with Crippen molar-refractivity contribution in [2.45, 2.75) is 50.5 Å². The molecule has 2 aromatic carbocycles. The molecule has 3 aromatic rings. The van der Waals surface area contributed by atoms with E-state index in [1.807, 2.05) is 0 Å². The number of aromatic nitrogens is 2. The molecule has 1 aromatic heterocycles. The Labute approximate surface area is 267 Å². The van der Waals surface area contributed by atoms with Crippen molar-refractivity contribution in [3.8, 4) is 11.3 Å². The molecule has 15 heteroatoms. The highest BCUT2D eigenvalue weighted by Gasteiger charge is 2.42. The van der Waals surface area contributed by atoms with Crippen molar-refractivity contribution >= 4 is 70.0 Å². The molecule has 2 atom stereocenters. The van der Waals surface area contributed by atoms with Crippen LogP contribution in [0.2, 0.25) is 10.2 Å². The lowest BCUT2D eigenvalue weighted by atomic mass is 9.96. The van der Waals surface area contributed by atoms with Crippen LogP contribution in [0.1, 0.15) is 50.3 Å². The number of ether oxygens (including phenoxy) is 2. The summed E-state index contributed by atoms with van der Waals surface area (Å²) in [5, 5.41) is 5.55. The number of amides is 4. The summed E-state index contributed by atoms with van der Waals surface area (Å²) < 4.78 is 24.6. The van der Waals surface area contributed by atoms with Crippen LogP contribution in [0.15, 0.2) is 30.3 Å². The van der Waals surface area contributed by atoms with Gasteiger partial charge in [0, 0.05) is 24.2 Å². The summed E-state index contributed by atoms with van der Waals surface area (Å²) in [5.41, 5.74) is 2.10. The number of nitrogens with zero attached hydrogens (tertiary/aromatic N) is 3. The minimum Gasteiger partial charge on any atom is -0.453 e. The summed E-state index contributed by atoms with van der Waals surface area (Å²) >= 11 is 12.4. The largest absolute Gasteiger partial charge is 0.453 e. The van der Waals surface area contributed by atoms with E-state index in [0.29, 0.717) is 72.8 Å². The third-order valence-corrected chi connectivity index (χ3v) is 8.60. The van der Waals surface area contributed by atoms with Gasteiger partial charge in [-0.15, -0.1) is 0 Å². The maximum absolute atomic E-state index is 14.3. The number of imidazole rings is 1. The molecule has 45 heavy (non-hydrogen) atoms. The van der Waals surface area contributed by atoms with E-state index in [9.17, 15) is 23.6 Å². The summed E-state index contributed by atoms with van der Waals surface area (Å²) in [7, 11) is 1.24. The van der Waals surface area contributed by atoms with Gasteiger partial charge in [0.1, 0.15) is 28.5 Å². The predicted molar refractivity (Wildman–Crippen MR) is 165 cm³/mol. The van der Waals surface area contributed by atoms with Crippen LogP contribution in [0, 0.1) is 5.82 Å². The molecule has 0 radical (unpaired) electrons. The van der Waals surface area contributed by atoms with Crippen LogP contribution in [-0.4, -0.2) is 65.2 Å². The molecule has 3 aliphatic rings. The predicted octanol–water partition coefficient (Wildman–Crippen LogP) is 6.58. The summed E-state index contributed by atoms with van der Waals surface area (Å²) in [5.74, 6) is -1.44. The molecule has 2 bridgehead atoms. The lowest BCUT2D eigenvalue weighted by molar-refractivity contribution is -0.136. The summed E-state index contributed by atoms with van der Waals surface area (Å²) in [6.45, 7) is 0.622. The molecule has 236 valence electrons. The van der Waals surface area contributed by atoms with Gasteiger partial charge in [-0.3, -0.25) is 14.9 Å². The standard InChI is InChI=1S/C30H29Cl2FN6O6/c1-44-29(42)34-15-8-9-17-20(13-15)35-22(40)7-3-2-6-18(27-36-24(17)26(32)37-27)28(41)38-12-4-5-16(14-38)45-30(43)39-21-11-10-19(31)23(33)25(21)39/h8-11,13,16,18H,2-7,12,14H2,1H3,(H,34,42)(H,35,40)(H,36,37). The number of likely N-dealkylation sites (tertiary alicyclic amines) is 1. The molecular formula is C30H29Cl2FN6O6. The average Bonchev–Trinajstić information content (AvgIpc) is 3.65. The van der Waals surface area contributed by atoms with Crippen molar-refractivity contribution in [2.24, 2.45) is 0 Å². The fraction of sp³-hybridized carbons (Fsp3) is 0.367. The SMILES string of the molecule is COC(=O)Nc1ccc2c(c1)NC(=O)CCCCC(C(=O)N1CCCC(OC(=O)N3c4ccc(Cl)c(F)c43)C1)c1nc-2c(Cl)[nH]1. The number of piperidine rings is 1. The highest BCUT2D eigenvalue weighted by molar-refractivity contribution is 6.32. The third kappa shape index (κ3) is 6.27. The number of benzene rings is 2. The van der Waals surface area contributed by atoms with Gasteiger partial charge in [0.2, 0.25) is 11.8 Å². The van der Waals surface area contributed by atoms with Gasteiger partial charge in [-0.25, -0.2) is 23.9 Å². The van der Waals surface area contributed by atoms with Crippen molar-refractivity contribution in [1.82, 2.24) is 14.9 Å². The second kappa shape index (κ2) is 12.6. The molecule has 6 rings (SSSR count). The van der Waals surface area contributed by atoms with Crippen LogP contribution >= 0.6 is 23.2 Å². The van der Waals surface area contributed by atoms with Crippen LogP contribution in [0.3, 0.4) is 0 Å². The van der Waals surface area contributed by atoms with Crippen molar-refractivity contribution in [2.75, 3.05) is 35.7 Å². The molecule has 1 saturated heterocycles. The monoisotopic (exact) mass is 658 g/mol. The zero-order chi connectivity index (χ0) is 31.8. The second-order valence-corrected chi connectivity index (χ2v) is 11.8. The van der Waals surface area contributed by atoms with Gasteiger partial charge >= 0.3 is 12.2 Å². The van der Waals surface area contributed by atoms with Gasteiger partial charge in [0.05, 0.1) is 36.0 Å². The van der Waals surface area contributed by atoms with E-state index in [1.54, 1.807) is 29.2 Å². The Morgan fingerprint density at radius 2 is 1.93 bits per heavy atom. The topological polar surface area (TPSA) is 146 Å². The fourth-order valence-corrected chi connectivity index (χ4v) is 6.15. The first-order valence-corrected chi connectivity index (χ1v) is 15.2. The zero-order valence-electron chi connectivity index (χ0n) is 24.1. The fourth-order valence-electron chi connectivity index (χ4n) is 5.76. The van der Waals surface area contributed by atoms with E-state index in [-0.39, 0.29) is 40.6 Å². The number of hydrogen-bond donors (Lipinski definition) is 3. The van der Waals surface area contributed by atoms with Gasteiger partial charge in [0.25, 0.3) is 0 Å². The molecule has 0 aliphatic carbocycles. The molecule has 2 unspecified atom stereocenters. The number of carbonyl (C=O) groups excluding carboxylic acids is 4. The number of rotatable bonds is 3. The highest BCUT2D eigenvalue weighted by Crippen LogP contribution is 2.52. The Bertz CT molecular complexity index is 1700. The van der Waals surface area contributed by atoms with E-state index >= 15 is 0 Å². The van der Waals surface area contributed by atoms with Crippen molar-refractivity contribution in [3.05, 3.63) is 52.1 Å². The molecule has 4 heterocycles. The lowest BCUT2D eigenvalue weighted by Gasteiger charge is -2.34. The van der Waals surface area contributed by atoms with E-state index in [2.05, 4.69) is 20.4 Å². The molecule has 3 N–H and O–H groups in total. The Hall–Kier alpha value is -4.36. The van der Waals surface area contributed by atoms with Gasteiger partial charge in [-0.2, -0.15) is 0 Å². The maximum Gasteiger partial charge on any atom is 0.419 e. The number of anilines is 4. The van der Waals surface area contributed by atoms with Gasteiger partial charge in [-0.05, 0) is 56.0 Å². The average molecular weight is 660 g/mol. The molecule has 0 spiro atoms. The quantitative estimate of drug-likeness (QED) is 0.270. The van der Waals surface area contributed by atoms with Crippen molar-refractivity contribution in [1.29, 1.82) is 0 Å². The number of hydrogen-bond acceptors (Lipinski definition) is 7. The minimum atomic E-state index is -0.721. The summed E-state index contributed by atoms with van der Waals surface area (Å²) in [4.78, 5) is 61.9. The maximum atomic E-state index is 14.3. The number of methoxy groups -OCH3 is 1. The van der Waals surface area contributed by atoms with E-state index in [0.717, 1.165) is 4.90 Å². The number of nitrogens with one attached hydrogen (secondary N) is 3. The van der Waals surface area contributed by atoms with E-state index in [4.69, 9.17) is 32.9 Å². The van der Waals surface area contributed by atoms with Crippen LogP contribution in [0.25, 0.3) is 11.3 Å². The number of carbonyl (C=O) groups is 4. The molecule has 12 nitrogen and oxygen atoms in total. The molecular weight excluding hydrogens is 630 g/mol. The van der Waals surface area contributed by atoms with E-state index in [1.165, 1.54) is 13.2 Å². The zero-order valence-corrected chi connectivity index (χ0v) is 25.6. The van der Waals surface area contributed by atoms with Crippen LogP contribution in [0.4, 0.5) is 36.7 Å². The highest BCUT2D eigenvalue weighted by atomic mass is 35.5. The van der Waals surface area contributed by atoms with E-state index < -0.39 is 30.0 Å². The van der Waals surface area contributed by atoms with Crippen LogP contribution in [0.5, 0.6) is 0 Å². The molecule has 4 amide bonds. The first-order valence-electron chi connectivity index (χ1n) is 14.5. The lowest BCUT2D eigenvalue weighted by Crippen LogP contribution is -2.46. The van der Waals surface area contributed by atoms with Crippen LogP contribution in [-0.2, 0) is 19.1 Å². The Morgan fingerprint density at radius 3 is 2.73 bits per heavy atom. The van der Waals surface area contributed by atoms with Crippen molar-refractivity contribution < 1.29 is 33.0 Å².